The van der Waals surface area contributed by atoms with Crippen LogP contribution in [0.5, 0.6) is 5.88 Å². The van der Waals surface area contributed by atoms with Gasteiger partial charge in [-0.15, -0.1) is 0 Å². The summed E-state index contributed by atoms with van der Waals surface area (Å²) in [6, 6.07) is 20.6. The van der Waals surface area contributed by atoms with Crippen molar-refractivity contribution in [2.45, 2.75) is 51.2 Å². The number of anilines is 1. The molecule has 3 aromatic rings. The van der Waals surface area contributed by atoms with Gasteiger partial charge in [0.1, 0.15) is 18.4 Å². The first-order valence-electron chi connectivity index (χ1n) is 12.9. The van der Waals surface area contributed by atoms with Crippen molar-refractivity contribution in [3.8, 4) is 28.3 Å². The fraction of sp³-hybridized carbons (Fsp3) is 0.367. The van der Waals surface area contributed by atoms with Gasteiger partial charge in [0, 0.05) is 18.2 Å². The second-order valence-corrected chi connectivity index (χ2v) is 10.8. The van der Waals surface area contributed by atoms with Crippen LogP contribution in [0.25, 0.3) is 22.4 Å². The number of hydrogen-bond donors (Lipinski definition) is 1. The van der Waals surface area contributed by atoms with Crippen LogP contribution in [-0.2, 0) is 15.1 Å². The van der Waals surface area contributed by atoms with Gasteiger partial charge in [0.2, 0.25) is 5.88 Å². The van der Waals surface area contributed by atoms with Crippen LogP contribution in [0.15, 0.2) is 65.8 Å². The van der Waals surface area contributed by atoms with E-state index in [2.05, 4.69) is 52.9 Å². The zero-order valence-electron chi connectivity index (χ0n) is 22.6. The fourth-order valence-corrected chi connectivity index (χ4v) is 4.91. The first-order valence-corrected chi connectivity index (χ1v) is 12.9. The summed E-state index contributed by atoms with van der Waals surface area (Å²) in [4.78, 5) is 24.5. The third-order valence-corrected chi connectivity index (χ3v) is 6.99. The lowest BCUT2D eigenvalue weighted by Crippen LogP contribution is -2.52. The number of amides is 1. The van der Waals surface area contributed by atoms with Crippen molar-refractivity contribution < 1.29 is 19.1 Å². The summed E-state index contributed by atoms with van der Waals surface area (Å²) in [5, 5.41) is 7.22. The number of hydrogen-bond acceptors (Lipinski definition) is 6. The Kier molecular flexibility index (Phi) is 6.73. The van der Waals surface area contributed by atoms with Crippen LogP contribution in [0.2, 0.25) is 0 Å². The maximum atomic E-state index is 12.6. The molecule has 2 aliphatic rings. The smallest absolute Gasteiger partial charge is 0.408 e. The SMILES string of the molecule is CO/N=C1/COc2nc(-c3ccc(C4(NC(=O)OC(C)(C)C)CCC4)cc3)c(-c3ccccc3)cc2N1C. The number of likely N-dealkylation sites (N-methyl/N-ethyl adjacent to an activating group) is 1. The zero-order valence-corrected chi connectivity index (χ0v) is 22.6. The molecule has 1 N–H and O–H groups in total. The van der Waals surface area contributed by atoms with Gasteiger partial charge in [-0.3, -0.25) is 0 Å². The number of alkyl carbamates (subject to hydrolysis) is 1. The number of nitrogens with one attached hydrogen (secondary N) is 1. The zero-order chi connectivity index (χ0) is 26.9. The average Bonchev–Trinajstić information content (AvgIpc) is 2.87. The predicted octanol–water partition coefficient (Wildman–Crippen LogP) is 6.11. The largest absolute Gasteiger partial charge is 0.468 e. The second kappa shape index (κ2) is 10.0. The molecule has 1 fully saturated rings. The number of carbonyl (C=O) groups excluding carboxylic acids is 1. The van der Waals surface area contributed by atoms with E-state index in [-0.39, 0.29) is 12.7 Å². The number of ether oxygens (including phenoxy) is 2. The van der Waals surface area contributed by atoms with Gasteiger partial charge in [-0.2, -0.15) is 0 Å². The Labute approximate surface area is 223 Å². The molecule has 38 heavy (non-hydrogen) atoms. The number of fused-ring (bicyclic) bond motifs is 1. The van der Waals surface area contributed by atoms with E-state index in [1.165, 1.54) is 7.11 Å². The molecule has 0 unspecified atom stereocenters. The number of rotatable bonds is 5. The average molecular weight is 515 g/mol. The van der Waals surface area contributed by atoms with Crippen molar-refractivity contribution in [3.63, 3.8) is 0 Å². The van der Waals surface area contributed by atoms with E-state index >= 15 is 0 Å². The van der Waals surface area contributed by atoms with Crippen LogP contribution < -0.4 is 15.0 Å². The molecule has 1 aliphatic carbocycles. The number of oxime groups is 1. The minimum absolute atomic E-state index is 0.270. The Morgan fingerprint density at radius 1 is 1.08 bits per heavy atom. The third kappa shape index (κ3) is 5.03. The van der Waals surface area contributed by atoms with E-state index in [0.717, 1.165) is 52.9 Å². The molecule has 8 nitrogen and oxygen atoms in total. The van der Waals surface area contributed by atoms with Crippen molar-refractivity contribution in [3.05, 3.63) is 66.2 Å². The van der Waals surface area contributed by atoms with Gasteiger partial charge in [0.25, 0.3) is 0 Å². The standard InChI is InChI=1S/C30H34N4O4/c1-29(2,3)38-28(35)32-30(16-9-17-30)22-14-12-21(13-15-22)26-23(20-10-7-6-8-11-20)18-24-27(31-26)37-19-25(33-36-5)34(24)4/h6-8,10-15,18H,9,16-17,19H2,1-5H3,(H,32,35)/b33-25-. The summed E-state index contributed by atoms with van der Waals surface area (Å²) < 4.78 is 11.5. The second-order valence-electron chi connectivity index (χ2n) is 10.8. The summed E-state index contributed by atoms with van der Waals surface area (Å²) in [6.07, 6.45) is 2.43. The molecule has 0 bridgehead atoms. The molecular formula is C30H34N4O4. The fourth-order valence-electron chi connectivity index (χ4n) is 4.91. The summed E-state index contributed by atoms with van der Waals surface area (Å²) in [6.45, 7) is 5.89. The Morgan fingerprint density at radius 2 is 1.79 bits per heavy atom. The molecule has 8 heteroatoms. The first kappa shape index (κ1) is 25.6. The predicted molar refractivity (Wildman–Crippen MR) is 148 cm³/mol. The molecule has 1 aliphatic heterocycles. The maximum absolute atomic E-state index is 12.6. The van der Waals surface area contributed by atoms with E-state index in [9.17, 15) is 4.79 Å². The molecule has 2 heterocycles. The Balaban J connectivity index is 1.51. The molecule has 2 aromatic carbocycles. The summed E-state index contributed by atoms with van der Waals surface area (Å²) in [5.41, 5.74) is 4.75. The van der Waals surface area contributed by atoms with E-state index in [0.29, 0.717) is 11.7 Å². The lowest BCUT2D eigenvalue weighted by molar-refractivity contribution is 0.0377. The normalized spacial score (nSPS) is 17.2. The van der Waals surface area contributed by atoms with Gasteiger partial charge in [-0.05, 0) is 57.2 Å². The molecule has 198 valence electrons. The molecule has 0 spiro atoms. The lowest BCUT2D eigenvalue weighted by Gasteiger charge is -2.43. The number of amidine groups is 1. The molecular weight excluding hydrogens is 480 g/mol. The number of pyridine rings is 1. The third-order valence-electron chi connectivity index (χ3n) is 6.99. The monoisotopic (exact) mass is 514 g/mol. The topological polar surface area (TPSA) is 85.3 Å². The van der Waals surface area contributed by atoms with Crippen LogP contribution in [0, 0.1) is 0 Å². The van der Waals surface area contributed by atoms with E-state index < -0.39 is 11.1 Å². The van der Waals surface area contributed by atoms with Gasteiger partial charge in [0.15, 0.2) is 12.4 Å². The quantitative estimate of drug-likeness (QED) is 0.414. The highest BCUT2D eigenvalue weighted by atomic mass is 16.6. The Hall–Kier alpha value is -4.07. The van der Waals surface area contributed by atoms with Crippen molar-refractivity contribution in [2.24, 2.45) is 5.16 Å². The van der Waals surface area contributed by atoms with Crippen LogP contribution in [0.4, 0.5) is 10.5 Å². The van der Waals surface area contributed by atoms with Gasteiger partial charge in [-0.25, -0.2) is 9.78 Å². The Morgan fingerprint density at radius 3 is 2.39 bits per heavy atom. The maximum Gasteiger partial charge on any atom is 0.408 e. The highest BCUT2D eigenvalue weighted by Gasteiger charge is 2.41. The molecule has 5 rings (SSSR count). The summed E-state index contributed by atoms with van der Waals surface area (Å²) >= 11 is 0. The van der Waals surface area contributed by atoms with Gasteiger partial charge in [-0.1, -0.05) is 59.8 Å². The number of benzene rings is 2. The minimum atomic E-state index is -0.544. The number of carbonyl (C=O) groups is 1. The lowest BCUT2D eigenvalue weighted by atomic mass is 9.71. The minimum Gasteiger partial charge on any atom is -0.468 e. The highest BCUT2D eigenvalue weighted by molar-refractivity contribution is 6.02. The number of nitrogens with zero attached hydrogens (tertiary/aromatic N) is 3. The van der Waals surface area contributed by atoms with E-state index in [1.807, 2.05) is 50.9 Å². The summed E-state index contributed by atoms with van der Waals surface area (Å²) in [5.74, 6) is 1.21. The van der Waals surface area contributed by atoms with Crippen molar-refractivity contribution >= 4 is 17.6 Å². The molecule has 0 saturated heterocycles. The van der Waals surface area contributed by atoms with E-state index in [4.69, 9.17) is 19.3 Å². The van der Waals surface area contributed by atoms with Crippen molar-refractivity contribution in [2.75, 3.05) is 25.7 Å². The van der Waals surface area contributed by atoms with Crippen molar-refractivity contribution in [1.29, 1.82) is 0 Å². The Bertz CT molecular complexity index is 1340. The van der Waals surface area contributed by atoms with Crippen LogP contribution in [0.3, 0.4) is 0 Å². The molecule has 1 aromatic heterocycles. The molecule has 1 amide bonds. The number of aromatic nitrogens is 1. The van der Waals surface area contributed by atoms with E-state index in [1.54, 1.807) is 0 Å². The van der Waals surface area contributed by atoms with Crippen LogP contribution >= 0.6 is 0 Å². The first-order chi connectivity index (χ1) is 18.2. The van der Waals surface area contributed by atoms with Crippen LogP contribution in [0.1, 0.15) is 45.6 Å². The van der Waals surface area contributed by atoms with Gasteiger partial charge >= 0.3 is 6.09 Å². The molecule has 1 saturated carbocycles. The molecule has 0 atom stereocenters. The van der Waals surface area contributed by atoms with Crippen molar-refractivity contribution in [1.82, 2.24) is 10.3 Å². The summed E-state index contributed by atoms with van der Waals surface area (Å²) in [7, 11) is 3.45. The van der Waals surface area contributed by atoms with Crippen LogP contribution in [-0.4, -0.2) is 43.3 Å². The highest BCUT2D eigenvalue weighted by Crippen LogP contribution is 2.43. The van der Waals surface area contributed by atoms with Gasteiger partial charge in [0.05, 0.1) is 11.2 Å². The van der Waals surface area contributed by atoms with Gasteiger partial charge < -0.3 is 24.5 Å². The molecule has 0 radical (unpaired) electrons.